The summed E-state index contributed by atoms with van der Waals surface area (Å²) in [5, 5.41) is 8.68. The molecule has 0 aromatic carbocycles. The van der Waals surface area contributed by atoms with Crippen molar-refractivity contribution in [3.05, 3.63) is 23.4 Å². The van der Waals surface area contributed by atoms with E-state index in [1.54, 1.807) is 6.07 Å². The lowest BCUT2D eigenvalue weighted by Crippen LogP contribution is -2.46. The van der Waals surface area contributed by atoms with Gasteiger partial charge in [0.2, 0.25) is 0 Å². The zero-order chi connectivity index (χ0) is 14.5. The van der Waals surface area contributed by atoms with Gasteiger partial charge in [0.25, 0.3) is 0 Å². The Morgan fingerprint density at radius 1 is 1.40 bits per heavy atom. The average Bonchev–Trinajstić information content (AvgIpc) is 2.47. The highest BCUT2D eigenvalue weighted by Gasteiger charge is 2.19. The van der Waals surface area contributed by atoms with Crippen LogP contribution in [-0.2, 0) is 4.74 Å². The fraction of sp³-hybridized carbons (Fsp3) is 0.500. The van der Waals surface area contributed by atoms with Crippen LogP contribution < -0.4 is 4.90 Å². The van der Waals surface area contributed by atoms with Gasteiger partial charge in [0.1, 0.15) is 5.82 Å². The predicted molar refractivity (Wildman–Crippen MR) is 74.6 cm³/mol. The molecule has 2 rings (SSSR count). The zero-order valence-electron chi connectivity index (χ0n) is 11.8. The molecule has 106 valence electrons. The highest BCUT2D eigenvalue weighted by Crippen LogP contribution is 2.17. The third kappa shape index (κ3) is 3.06. The lowest BCUT2D eigenvalue weighted by Gasteiger charge is -2.34. The Labute approximate surface area is 118 Å². The average molecular weight is 274 g/mol. The van der Waals surface area contributed by atoms with Crippen LogP contribution in [0.25, 0.3) is 0 Å². The number of aromatic nitrogens is 1. The summed E-state index contributed by atoms with van der Waals surface area (Å²) in [7, 11) is 1.37. The maximum absolute atomic E-state index is 11.5. The second kappa shape index (κ2) is 6.35. The molecule has 2 heterocycles. The van der Waals surface area contributed by atoms with Crippen LogP contribution in [-0.4, -0.2) is 55.7 Å². The first kappa shape index (κ1) is 14.3. The monoisotopic (exact) mass is 274 g/mol. The van der Waals surface area contributed by atoms with Crippen LogP contribution in [0.4, 0.5) is 5.82 Å². The van der Waals surface area contributed by atoms with E-state index in [1.165, 1.54) is 7.11 Å². The zero-order valence-corrected chi connectivity index (χ0v) is 11.8. The summed E-state index contributed by atoms with van der Waals surface area (Å²) in [5.74, 6) is 0.507. The molecular weight excluding hydrogens is 256 g/mol. The normalized spacial score (nSPS) is 15.8. The van der Waals surface area contributed by atoms with Crippen LogP contribution in [0, 0.1) is 18.3 Å². The second-order valence-corrected chi connectivity index (χ2v) is 4.72. The van der Waals surface area contributed by atoms with E-state index < -0.39 is 0 Å². The second-order valence-electron chi connectivity index (χ2n) is 4.72. The molecule has 0 aliphatic carbocycles. The van der Waals surface area contributed by atoms with Crippen molar-refractivity contribution in [1.29, 1.82) is 5.26 Å². The van der Waals surface area contributed by atoms with Crippen molar-refractivity contribution in [1.82, 2.24) is 9.88 Å². The van der Waals surface area contributed by atoms with E-state index >= 15 is 0 Å². The quantitative estimate of drug-likeness (QED) is 0.600. The molecule has 20 heavy (non-hydrogen) atoms. The van der Waals surface area contributed by atoms with Gasteiger partial charge >= 0.3 is 5.97 Å². The van der Waals surface area contributed by atoms with E-state index in [-0.39, 0.29) is 5.97 Å². The Morgan fingerprint density at radius 3 is 2.65 bits per heavy atom. The highest BCUT2D eigenvalue weighted by atomic mass is 16.5. The van der Waals surface area contributed by atoms with E-state index in [9.17, 15) is 4.79 Å². The minimum Gasteiger partial charge on any atom is -0.465 e. The van der Waals surface area contributed by atoms with Gasteiger partial charge in [0.05, 0.1) is 31.0 Å². The number of methoxy groups -OCH3 is 1. The molecule has 0 radical (unpaired) electrons. The van der Waals surface area contributed by atoms with Crippen LogP contribution in [0.2, 0.25) is 0 Å². The Morgan fingerprint density at radius 2 is 2.10 bits per heavy atom. The molecule has 0 saturated carbocycles. The Hall–Kier alpha value is -2.13. The van der Waals surface area contributed by atoms with Crippen LogP contribution in [0.15, 0.2) is 12.1 Å². The molecule has 0 bridgehead atoms. The first-order valence-corrected chi connectivity index (χ1v) is 6.56. The molecule has 0 unspecified atom stereocenters. The van der Waals surface area contributed by atoms with Gasteiger partial charge in [-0.25, -0.2) is 9.78 Å². The molecule has 1 aliphatic rings. The number of nitrogens with zero attached hydrogens (tertiary/aromatic N) is 4. The first-order chi connectivity index (χ1) is 9.65. The number of ether oxygens (including phenoxy) is 1. The summed E-state index contributed by atoms with van der Waals surface area (Å²) in [4.78, 5) is 20.3. The molecule has 1 fully saturated rings. The fourth-order valence-corrected chi connectivity index (χ4v) is 2.28. The number of rotatable bonds is 3. The summed E-state index contributed by atoms with van der Waals surface area (Å²) in [6.45, 7) is 5.67. The summed E-state index contributed by atoms with van der Waals surface area (Å²) < 4.78 is 4.71. The molecule has 6 nitrogen and oxygen atoms in total. The molecule has 6 heteroatoms. The molecule has 1 aliphatic heterocycles. The molecule has 0 N–H and O–H groups in total. The number of nitriles is 1. The number of esters is 1. The molecule has 1 saturated heterocycles. The third-order valence-corrected chi connectivity index (χ3v) is 3.47. The summed E-state index contributed by atoms with van der Waals surface area (Å²) in [6, 6.07) is 5.77. The van der Waals surface area contributed by atoms with Crippen molar-refractivity contribution in [2.75, 3.05) is 44.7 Å². The van der Waals surface area contributed by atoms with E-state index in [1.807, 2.05) is 13.0 Å². The predicted octanol–water partition coefficient (Wildman–Crippen LogP) is 0.822. The SMILES string of the molecule is COC(=O)c1ccc(N2CCN(CC#N)CC2)nc1C. The topological polar surface area (TPSA) is 69.5 Å². The van der Waals surface area contributed by atoms with Crippen molar-refractivity contribution < 1.29 is 9.53 Å². The van der Waals surface area contributed by atoms with Crippen molar-refractivity contribution in [3.63, 3.8) is 0 Å². The van der Waals surface area contributed by atoms with E-state index in [0.29, 0.717) is 17.8 Å². The molecule has 0 amide bonds. The summed E-state index contributed by atoms with van der Waals surface area (Å²) in [6.07, 6.45) is 0. The molecule has 0 atom stereocenters. The van der Waals surface area contributed by atoms with Gasteiger partial charge in [-0.15, -0.1) is 0 Å². The lowest BCUT2D eigenvalue weighted by atomic mass is 10.2. The van der Waals surface area contributed by atoms with Gasteiger partial charge in [0.15, 0.2) is 0 Å². The lowest BCUT2D eigenvalue weighted by molar-refractivity contribution is 0.0599. The first-order valence-electron chi connectivity index (χ1n) is 6.56. The number of carbonyl (C=O) groups is 1. The number of aryl methyl sites for hydroxylation is 1. The van der Waals surface area contributed by atoms with Crippen LogP contribution in [0.5, 0.6) is 0 Å². The maximum Gasteiger partial charge on any atom is 0.339 e. The van der Waals surface area contributed by atoms with Crippen molar-refractivity contribution in [2.45, 2.75) is 6.92 Å². The van der Waals surface area contributed by atoms with Gasteiger partial charge in [-0.2, -0.15) is 5.26 Å². The van der Waals surface area contributed by atoms with Gasteiger partial charge in [0, 0.05) is 26.2 Å². The number of piperazine rings is 1. The van der Waals surface area contributed by atoms with Gasteiger partial charge in [-0.05, 0) is 19.1 Å². The largest absolute Gasteiger partial charge is 0.465 e. The number of anilines is 1. The number of carbonyl (C=O) groups excluding carboxylic acids is 1. The van der Waals surface area contributed by atoms with Gasteiger partial charge < -0.3 is 9.64 Å². The van der Waals surface area contributed by atoms with Crippen molar-refractivity contribution >= 4 is 11.8 Å². The van der Waals surface area contributed by atoms with Crippen molar-refractivity contribution in [2.24, 2.45) is 0 Å². The van der Waals surface area contributed by atoms with Crippen LogP contribution >= 0.6 is 0 Å². The molecule has 1 aromatic rings. The van der Waals surface area contributed by atoms with Crippen molar-refractivity contribution in [3.8, 4) is 6.07 Å². The Bertz CT molecular complexity index is 530. The van der Waals surface area contributed by atoms with Gasteiger partial charge in [-0.1, -0.05) is 0 Å². The highest BCUT2D eigenvalue weighted by molar-refractivity contribution is 5.90. The number of pyridine rings is 1. The smallest absolute Gasteiger partial charge is 0.339 e. The minimum atomic E-state index is -0.361. The van der Waals surface area contributed by atoms with E-state index in [2.05, 4.69) is 20.9 Å². The van der Waals surface area contributed by atoms with Crippen LogP contribution in [0.1, 0.15) is 16.1 Å². The summed E-state index contributed by atoms with van der Waals surface area (Å²) in [5.41, 5.74) is 1.17. The Balaban J connectivity index is 2.06. The number of hydrogen-bond acceptors (Lipinski definition) is 6. The molecule has 1 aromatic heterocycles. The van der Waals surface area contributed by atoms with E-state index in [4.69, 9.17) is 10.00 Å². The minimum absolute atomic E-state index is 0.361. The molecule has 0 spiro atoms. The molecular formula is C14H18N4O2. The fourth-order valence-electron chi connectivity index (χ4n) is 2.28. The number of hydrogen-bond donors (Lipinski definition) is 0. The standard InChI is InChI=1S/C14H18N4O2/c1-11-12(14(19)20-2)3-4-13(16-11)18-9-7-17(6-5-15)8-10-18/h3-4H,6-10H2,1-2H3. The Kier molecular flexibility index (Phi) is 4.53. The third-order valence-electron chi connectivity index (χ3n) is 3.47. The summed E-state index contributed by atoms with van der Waals surface area (Å²) >= 11 is 0. The van der Waals surface area contributed by atoms with Crippen LogP contribution in [0.3, 0.4) is 0 Å². The maximum atomic E-state index is 11.5. The van der Waals surface area contributed by atoms with E-state index in [0.717, 1.165) is 32.0 Å². The van der Waals surface area contributed by atoms with Gasteiger partial charge in [-0.3, -0.25) is 4.90 Å².